The fraction of sp³-hybridized carbons (Fsp3) is 0.440. The summed E-state index contributed by atoms with van der Waals surface area (Å²) in [5.74, 6) is -0.836. The van der Waals surface area contributed by atoms with Crippen LogP contribution in [0.5, 0.6) is 0 Å². The fourth-order valence-corrected chi connectivity index (χ4v) is 4.36. The summed E-state index contributed by atoms with van der Waals surface area (Å²) < 4.78 is 0. The number of hydrogen-bond acceptors (Lipinski definition) is 5. The Kier molecular flexibility index (Phi) is 6.28. The van der Waals surface area contributed by atoms with Gasteiger partial charge in [-0.15, -0.1) is 0 Å². The van der Waals surface area contributed by atoms with Gasteiger partial charge in [-0.1, -0.05) is 19.9 Å². The summed E-state index contributed by atoms with van der Waals surface area (Å²) in [7, 11) is 0. The van der Waals surface area contributed by atoms with Crippen molar-refractivity contribution in [3.05, 3.63) is 53.6 Å². The number of carboxylic acid groups (broad SMARTS) is 1. The van der Waals surface area contributed by atoms with E-state index >= 15 is 0 Å². The average molecular weight is 422 g/mol. The van der Waals surface area contributed by atoms with Crippen LogP contribution in [0, 0.1) is 11.3 Å². The number of aliphatic carboxylic acids is 1. The SMILES string of the molecule is CC(C)(CC(=O)O)c1ccc(N2CCC[C@H]2C(C)(C)O)c(Nc2ccc(C#N)cc2)c1. The highest BCUT2D eigenvalue weighted by Crippen LogP contribution is 2.40. The number of carboxylic acids is 1. The van der Waals surface area contributed by atoms with Crippen molar-refractivity contribution in [2.45, 2.75) is 64.0 Å². The number of carbonyl (C=O) groups is 1. The quantitative estimate of drug-likeness (QED) is 0.595. The van der Waals surface area contributed by atoms with Gasteiger partial charge in [-0.2, -0.15) is 5.26 Å². The smallest absolute Gasteiger partial charge is 0.304 e. The highest BCUT2D eigenvalue weighted by Gasteiger charge is 2.37. The molecule has 0 radical (unpaired) electrons. The highest BCUT2D eigenvalue weighted by molar-refractivity contribution is 5.78. The fourth-order valence-electron chi connectivity index (χ4n) is 4.36. The van der Waals surface area contributed by atoms with E-state index in [4.69, 9.17) is 5.26 Å². The van der Waals surface area contributed by atoms with Gasteiger partial charge in [-0.3, -0.25) is 4.79 Å². The first-order valence-corrected chi connectivity index (χ1v) is 10.6. The van der Waals surface area contributed by atoms with Crippen LogP contribution in [0.25, 0.3) is 0 Å². The van der Waals surface area contributed by atoms with E-state index in [1.165, 1.54) is 0 Å². The Hall–Kier alpha value is -3.04. The van der Waals surface area contributed by atoms with E-state index in [1.807, 2.05) is 58.0 Å². The molecule has 1 heterocycles. The molecule has 0 aromatic heterocycles. The molecular weight excluding hydrogens is 390 g/mol. The van der Waals surface area contributed by atoms with Crippen LogP contribution in [-0.2, 0) is 10.2 Å². The summed E-state index contributed by atoms with van der Waals surface area (Å²) in [5.41, 5.74) is 2.81. The van der Waals surface area contributed by atoms with Crippen LogP contribution in [0.1, 0.15) is 58.1 Å². The molecule has 0 saturated carbocycles. The Balaban J connectivity index is 2.05. The van der Waals surface area contributed by atoms with Gasteiger partial charge in [-0.25, -0.2) is 0 Å². The molecule has 2 aromatic carbocycles. The van der Waals surface area contributed by atoms with E-state index in [-0.39, 0.29) is 12.5 Å². The summed E-state index contributed by atoms with van der Waals surface area (Å²) in [4.78, 5) is 13.6. The van der Waals surface area contributed by atoms with Gasteiger partial charge < -0.3 is 20.4 Å². The summed E-state index contributed by atoms with van der Waals surface area (Å²) in [6, 6.07) is 15.4. The average Bonchev–Trinajstić information content (AvgIpc) is 3.18. The van der Waals surface area contributed by atoms with Crippen molar-refractivity contribution in [3.8, 4) is 6.07 Å². The van der Waals surface area contributed by atoms with Gasteiger partial charge in [0.2, 0.25) is 0 Å². The number of nitrogens with zero attached hydrogens (tertiary/aromatic N) is 2. The predicted molar refractivity (Wildman–Crippen MR) is 123 cm³/mol. The minimum atomic E-state index is -0.844. The van der Waals surface area contributed by atoms with Crippen LogP contribution < -0.4 is 10.2 Å². The first kappa shape index (κ1) is 22.6. The summed E-state index contributed by atoms with van der Waals surface area (Å²) in [6.45, 7) is 8.38. The zero-order chi connectivity index (χ0) is 22.8. The molecule has 6 nitrogen and oxygen atoms in total. The maximum Gasteiger partial charge on any atom is 0.304 e. The van der Waals surface area contributed by atoms with Crippen molar-refractivity contribution in [3.63, 3.8) is 0 Å². The van der Waals surface area contributed by atoms with Crippen LogP contribution in [-0.4, -0.2) is 34.4 Å². The minimum Gasteiger partial charge on any atom is -0.481 e. The number of benzene rings is 2. The zero-order valence-electron chi connectivity index (χ0n) is 18.6. The molecule has 1 saturated heterocycles. The molecule has 164 valence electrons. The van der Waals surface area contributed by atoms with Crippen LogP contribution in [0.15, 0.2) is 42.5 Å². The lowest BCUT2D eigenvalue weighted by atomic mass is 9.81. The molecule has 3 N–H and O–H groups in total. The van der Waals surface area contributed by atoms with E-state index in [0.717, 1.165) is 42.0 Å². The molecule has 6 heteroatoms. The van der Waals surface area contributed by atoms with Gasteiger partial charge in [0.1, 0.15) is 0 Å². The molecule has 1 atom stereocenters. The Morgan fingerprint density at radius 1 is 1.19 bits per heavy atom. The van der Waals surface area contributed by atoms with E-state index in [2.05, 4.69) is 16.3 Å². The van der Waals surface area contributed by atoms with Gasteiger partial charge in [-0.05, 0) is 68.7 Å². The molecule has 0 bridgehead atoms. The van der Waals surface area contributed by atoms with Gasteiger partial charge >= 0.3 is 5.97 Å². The molecule has 1 aliphatic heterocycles. The van der Waals surface area contributed by atoms with E-state index in [9.17, 15) is 15.0 Å². The van der Waals surface area contributed by atoms with Crippen LogP contribution >= 0.6 is 0 Å². The summed E-state index contributed by atoms with van der Waals surface area (Å²) in [5, 5.41) is 32.6. The molecule has 3 rings (SSSR count). The monoisotopic (exact) mass is 421 g/mol. The second-order valence-corrected chi connectivity index (χ2v) is 9.51. The lowest BCUT2D eigenvalue weighted by molar-refractivity contribution is -0.138. The van der Waals surface area contributed by atoms with Crippen LogP contribution in [0.4, 0.5) is 17.1 Å². The lowest BCUT2D eigenvalue weighted by Gasteiger charge is -2.37. The third kappa shape index (κ3) is 5.18. The van der Waals surface area contributed by atoms with Crippen LogP contribution in [0.3, 0.4) is 0 Å². The van der Waals surface area contributed by atoms with Gasteiger partial charge in [0.05, 0.1) is 41.1 Å². The third-order valence-corrected chi connectivity index (χ3v) is 6.04. The van der Waals surface area contributed by atoms with Crippen molar-refractivity contribution in [1.82, 2.24) is 0 Å². The number of nitrogens with one attached hydrogen (secondary N) is 1. The maximum atomic E-state index is 11.4. The molecule has 2 aromatic rings. The number of hydrogen-bond donors (Lipinski definition) is 3. The molecule has 1 fully saturated rings. The van der Waals surface area contributed by atoms with Crippen molar-refractivity contribution < 1.29 is 15.0 Å². The molecule has 0 unspecified atom stereocenters. The first-order valence-electron chi connectivity index (χ1n) is 10.6. The van der Waals surface area contributed by atoms with E-state index < -0.39 is 17.0 Å². The highest BCUT2D eigenvalue weighted by atomic mass is 16.4. The van der Waals surface area contributed by atoms with Gasteiger partial charge in [0, 0.05) is 17.6 Å². The second-order valence-electron chi connectivity index (χ2n) is 9.51. The second kappa shape index (κ2) is 8.60. The van der Waals surface area contributed by atoms with E-state index in [0.29, 0.717) is 5.56 Å². The Labute approximate surface area is 184 Å². The summed E-state index contributed by atoms with van der Waals surface area (Å²) in [6.07, 6.45) is 1.93. The van der Waals surface area contributed by atoms with Crippen molar-refractivity contribution in [2.24, 2.45) is 0 Å². The Morgan fingerprint density at radius 3 is 2.45 bits per heavy atom. The molecule has 1 aliphatic rings. The first-order chi connectivity index (χ1) is 14.5. The Bertz CT molecular complexity index is 985. The normalized spacial score (nSPS) is 16.8. The molecule has 31 heavy (non-hydrogen) atoms. The number of rotatable bonds is 7. The largest absolute Gasteiger partial charge is 0.481 e. The topological polar surface area (TPSA) is 96.6 Å². The van der Waals surface area contributed by atoms with Crippen molar-refractivity contribution in [1.29, 1.82) is 5.26 Å². The number of nitriles is 1. The standard InChI is InChI=1S/C25H31N3O3/c1-24(2,15-23(29)30)18-9-12-21(28-13-5-6-22(28)25(3,4)31)20(14-18)27-19-10-7-17(16-26)8-11-19/h7-12,14,22,27,31H,5-6,13,15H2,1-4H3,(H,29,30)/t22-/m0/s1. The zero-order valence-corrected chi connectivity index (χ0v) is 18.6. The molecule has 0 spiro atoms. The molecule has 0 amide bonds. The van der Waals surface area contributed by atoms with E-state index in [1.54, 1.807) is 12.1 Å². The Morgan fingerprint density at radius 2 is 1.87 bits per heavy atom. The molecule has 0 aliphatic carbocycles. The predicted octanol–water partition coefficient (Wildman–Crippen LogP) is 4.79. The molecular formula is C25H31N3O3. The number of anilines is 3. The van der Waals surface area contributed by atoms with Gasteiger partial charge in [0.25, 0.3) is 0 Å². The van der Waals surface area contributed by atoms with Crippen LogP contribution in [0.2, 0.25) is 0 Å². The third-order valence-electron chi connectivity index (χ3n) is 6.04. The maximum absolute atomic E-state index is 11.4. The number of aliphatic hydroxyl groups is 1. The van der Waals surface area contributed by atoms with Crippen molar-refractivity contribution in [2.75, 3.05) is 16.8 Å². The lowest BCUT2D eigenvalue weighted by Crippen LogP contribution is -2.46. The minimum absolute atomic E-state index is 0.00750. The summed E-state index contributed by atoms with van der Waals surface area (Å²) >= 11 is 0. The van der Waals surface area contributed by atoms with Crippen molar-refractivity contribution >= 4 is 23.0 Å². The van der Waals surface area contributed by atoms with Gasteiger partial charge in [0.15, 0.2) is 0 Å².